The van der Waals surface area contributed by atoms with Crippen LogP contribution in [0, 0.1) is 12.7 Å². The lowest BCUT2D eigenvalue weighted by Crippen LogP contribution is -2.33. The Balaban J connectivity index is 2.12. The molecule has 0 bridgehead atoms. The highest BCUT2D eigenvalue weighted by Gasteiger charge is 2.15. The molecular weight excluding hydrogens is 287 g/mol. The molecule has 1 unspecified atom stereocenters. The van der Waals surface area contributed by atoms with Gasteiger partial charge in [-0.2, -0.15) is 0 Å². The number of thiazole rings is 1. The van der Waals surface area contributed by atoms with Gasteiger partial charge in [-0.25, -0.2) is 9.37 Å². The van der Waals surface area contributed by atoms with E-state index in [0.29, 0.717) is 17.7 Å². The summed E-state index contributed by atoms with van der Waals surface area (Å²) in [7, 11) is 1.49. The van der Waals surface area contributed by atoms with E-state index in [2.05, 4.69) is 22.6 Å². The number of halogens is 1. The van der Waals surface area contributed by atoms with Gasteiger partial charge < -0.3 is 10.1 Å². The third-order valence-electron chi connectivity index (χ3n) is 3.34. The van der Waals surface area contributed by atoms with E-state index in [0.717, 1.165) is 23.7 Å². The second-order valence-corrected chi connectivity index (χ2v) is 6.02. The largest absolute Gasteiger partial charge is 0.494 e. The third kappa shape index (κ3) is 4.25. The first kappa shape index (κ1) is 15.9. The number of hydrogen-bond acceptors (Lipinski definition) is 4. The molecule has 0 fully saturated rings. The fourth-order valence-corrected chi connectivity index (χ4v) is 3.02. The molecule has 2 aromatic rings. The van der Waals surface area contributed by atoms with E-state index in [1.165, 1.54) is 7.11 Å². The van der Waals surface area contributed by atoms with Gasteiger partial charge in [0.15, 0.2) is 11.6 Å². The monoisotopic (exact) mass is 308 g/mol. The van der Waals surface area contributed by atoms with E-state index in [9.17, 15) is 4.39 Å². The van der Waals surface area contributed by atoms with E-state index < -0.39 is 0 Å². The maximum Gasteiger partial charge on any atom is 0.168 e. The molecule has 0 amide bonds. The van der Waals surface area contributed by atoms with Crippen molar-refractivity contribution in [2.45, 2.75) is 32.7 Å². The molecule has 3 nitrogen and oxygen atoms in total. The number of nitrogens with one attached hydrogen (secondary N) is 1. The smallest absolute Gasteiger partial charge is 0.168 e. The second-order valence-electron chi connectivity index (χ2n) is 4.95. The highest BCUT2D eigenvalue weighted by atomic mass is 32.1. The first-order valence-corrected chi connectivity index (χ1v) is 7.97. The zero-order valence-electron chi connectivity index (χ0n) is 12.6. The highest BCUT2D eigenvalue weighted by molar-refractivity contribution is 7.09. The molecule has 0 radical (unpaired) electrons. The number of ether oxygens (including phenoxy) is 1. The minimum atomic E-state index is -0.266. The lowest BCUT2D eigenvalue weighted by Gasteiger charge is -2.18. The zero-order chi connectivity index (χ0) is 15.2. The summed E-state index contributed by atoms with van der Waals surface area (Å²) in [5, 5.41) is 6.54. The molecular formula is C16H21FN2OS. The van der Waals surface area contributed by atoms with Crippen LogP contribution in [0.15, 0.2) is 23.6 Å². The molecule has 0 saturated heterocycles. The molecule has 0 saturated carbocycles. The predicted molar refractivity (Wildman–Crippen MR) is 84.7 cm³/mol. The van der Waals surface area contributed by atoms with Gasteiger partial charge in [-0.15, -0.1) is 11.3 Å². The summed E-state index contributed by atoms with van der Waals surface area (Å²) in [6.07, 6.45) is 1.42. The summed E-state index contributed by atoms with van der Waals surface area (Å²) in [6.45, 7) is 4.90. The SMILES string of the molecule is CCNC(Cc1csc(C)n1)Cc1cccc(OC)c1F. The molecule has 21 heavy (non-hydrogen) atoms. The van der Waals surface area contributed by atoms with Crippen LogP contribution in [-0.4, -0.2) is 24.7 Å². The molecule has 1 aromatic carbocycles. The molecule has 0 aliphatic carbocycles. The fraction of sp³-hybridized carbons (Fsp3) is 0.438. The standard InChI is InChI=1S/C16H21FN2OS/c1-4-18-13(9-14-10-21-11(2)19-14)8-12-6-5-7-15(20-3)16(12)17/h5-7,10,13,18H,4,8-9H2,1-3H3. The molecule has 114 valence electrons. The van der Waals surface area contributed by atoms with Gasteiger partial charge in [-0.05, 0) is 31.5 Å². The van der Waals surface area contributed by atoms with Crippen molar-refractivity contribution in [1.29, 1.82) is 0 Å². The topological polar surface area (TPSA) is 34.2 Å². The maximum atomic E-state index is 14.3. The summed E-state index contributed by atoms with van der Waals surface area (Å²) in [5.74, 6) is 0.0320. The number of hydrogen-bond donors (Lipinski definition) is 1. The number of aryl methyl sites for hydroxylation is 1. The van der Waals surface area contributed by atoms with Gasteiger partial charge in [-0.1, -0.05) is 19.1 Å². The minimum Gasteiger partial charge on any atom is -0.494 e. The van der Waals surface area contributed by atoms with E-state index in [-0.39, 0.29) is 11.9 Å². The van der Waals surface area contributed by atoms with Crippen LogP contribution in [0.25, 0.3) is 0 Å². The van der Waals surface area contributed by atoms with Crippen LogP contribution >= 0.6 is 11.3 Å². The van der Waals surface area contributed by atoms with Crippen molar-refractivity contribution in [1.82, 2.24) is 10.3 Å². The van der Waals surface area contributed by atoms with Crippen molar-refractivity contribution in [2.75, 3.05) is 13.7 Å². The van der Waals surface area contributed by atoms with E-state index in [1.807, 2.05) is 19.1 Å². The molecule has 0 aliphatic heterocycles. The molecule has 0 spiro atoms. The molecule has 1 N–H and O–H groups in total. The van der Waals surface area contributed by atoms with Gasteiger partial charge in [0, 0.05) is 17.8 Å². The Morgan fingerprint density at radius 3 is 2.81 bits per heavy atom. The number of rotatable bonds is 7. The first-order valence-electron chi connectivity index (χ1n) is 7.09. The van der Waals surface area contributed by atoms with E-state index in [4.69, 9.17) is 4.74 Å². The van der Waals surface area contributed by atoms with Crippen molar-refractivity contribution in [2.24, 2.45) is 0 Å². The number of nitrogens with zero attached hydrogens (tertiary/aromatic N) is 1. The Bertz CT molecular complexity index is 585. The van der Waals surface area contributed by atoms with E-state index >= 15 is 0 Å². The molecule has 5 heteroatoms. The second kappa shape index (κ2) is 7.52. The molecule has 1 atom stereocenters. The summed E-state index contributed by atoms with van der Waals surface area (Å²) in [6, 6.07) is 5.45. The van der Waals surface area contributed by atoms with Crippen LogP contribution < -0.4 is 10.1 Å². The number of benzene rings is 1. The molecule has 1 aromatic heterocycles. The third-order valence-corrected chi connectivity index (χ3v) is 4.17. The van der Waals surface area contributed by atoms with Gasteiger partial charge in [0.05, 0.1) is 17.8 Å². The van der Waals surface area contributed by atoms with Gasteiger partial charge >= 0.3 is 0 Å². The number of aromatic nitrogens is 1. The Morgan fingerprint density at radius 1 is 1.38 bits per heavy atom. The summed E-state index contributed by atoms with van der Waals surface area (Å²) < 4.78 is 19.3. The summed E-state index contributed by atoms with van der Waals surface area (Å²) in [5.41, 5.74) is 1.74. The molecule has 2 rings (SSSR count). The van der Waals surface area contributed by atoms with Crippen LogP contribution in [0.3, 0.4) is 0 Å². The highest BCUT2D eigenvalue weighted by Crippen LogP contribution is 2.22. The Labute approximate surface area is 129 Å². The van der Waals surface area contributed by atoms with Crippen LogP contribution in [-0.2, 0) is 12.8 Å². The van der Waals surface area contributed by atoms with Crippen molar-refractivity contribution in [3.63, 3.8) is 0 Å². The average molecular weight is 308 g/mol. The average Bonchev–Trinajstić information content (AvgIpc) is 2.86. The van der Waals surface area contributed by atoms with Gasteiger partial charge in [0.1, 0.15) is 0 Å². The van der Waals surface area contributed by atoms with Crippen molar-refractivity contribution in [3.05, 3.63) is 45.7 Å². The lowest BCUT2D eigenvalue weighted by molar-refractivity contribution is 0.382. The van der Waals surface area contributed by atoms with Crippen LogP contribution in [0.1, 0.15) is 23.2 Å². The number of methoxy groups -OCH3 is 1. The Hall–Kier alpha value is -1.46. The molecule has 1 heterocycles. The van der Waals surface area contributed by atoms with Crippen LogP contribution in [0.5, 0.6) is 5.75 Å². The lowest BCUT2D eigenvalue weighted by atomic mass is 10.0. The summed E-state index contributed by atoms with van der Waals surface area (Å²) in [4.78, 5) is 4.49. The number of likely N-dealkylation sites (N-methyl/N-ethyl adjacent to an activating group) is 1. The summed E-state index contributed by atoms with van der Waals surface area (Å²) >= 11 is 1.65. The van der Waals surface area contributed by atoms with Crippen molar-refractivity contribution in [3.8, 4) is 5.75 Å². The fourth-order valence-electron chi connectivity index (χ4n) is 2.40. The predicted octanol–water partition coefficient (Wildman–Crippen LogP) is 3.36. The van der Waals surface area contributed by atoms with Crippen LogP contribution in [0.2, 0.25) is 0 Å². The van der Waals surface area contributed by atoms with Gasteiger partial charge in [0.25, 0.3) is 0 Å². The Morgan fingerprint density at radius 2 is 2.19 bits per heavy atom. The van der Waals surface area contributed by atoms with Crippen LogP contribution in [0.4, 0.5) is 4.39 Å². The quantitative estimate of drug-likeness (QED) is 0.851. The maximum absolute atomic E-state index is 14.3. The minimum absolute atomic E-state index is 0.165. The first-order chi connectivity index (χ1) is 10.1. The van der Waals surface area contributed by atoms with Crippen molar-refractivity contribution < 1.29 is 9.13 Å². The Kier molecular flexibility index (Phi) is 5.70. The van der Waals surface area contributed by atoms with E-state index in [1.54, 1.807) is 17.4 Å². The molecule has 0 aliphatic rings. The zero-order valence-corrected chi connectivity index (χ0v) is 13.5. The normalized spacial score (nSPS) is 12.4. The van der Waals surface area contributed by atoms with Crippen molar-refractivity contribution >= 4 is 11.3 Å². The van der Waals surface area contributed by atoms with Gasteiger partial charge in [0.2, 0.25) is 0 Å². The van der Waals surface area contributed by atoms with Gasteiger partial charge in [-0.3, -0.25) is 0 Å².